The zero-order valence-corrected chi connectivity index (χ0v) is 21.0. The molecular weight excluding hydrogens is 531 g/mol. The number of anilines is 1. The van der Waals surface area contributed by atoms with Crippen LogP contribution in [0.5, 0.6) is 5.75 Å². The van der Waals surface area contributed by atoms with Gasteiger partial charge in [-0.2, -0.15) is 9.78 Å². The number of nitrogen functional groups attached to an aromatic ring is 1. The van der Waals surface area contributed by atoms with Gasteiger partial charge >= 0.3 is 0 Å². The molecule has 38 heavy (non-hydrogen) atoms. The number of amides is 1. The van der Waals surface area contributed by atoms with E-state index in [0.29, 0.717) is 32.6 Å². The number of carbonyl (C=O) groups is 1. The third-order valence-corrected chi connectivity index (χ3v) is 5.86. The molecule has 1 amide bonds. The van der Waals surface area contributed by atoms with E-state index in [0.717, 1.165) is 5.56 Å². The van der Waals surface area contributed by atoms with Crippen molar-refractivity contribution in [3.8, 4) is 22.8 Å². The maximum atomic E-state index is 13.0. The normalized spacial score (nSPS) is 11.1. The van der Waals surface area contributed by atoms with Gasteiger partial charge in [-0.1, -0.05) is 76.9 Å². The molecule has 3 N–H and O–H groups in total. The van der Waals surface area contributed by atoms with Gasteiger partial charge in [0.15, 0.2) is 5.69 Å². The summed E-state index contributed by atoms with van der Waals surface area (Å²) in [6.07, 6.45) is 1.48. The van der Waals surface area contributed by atoms with Crippen LogP contribution >= 0.6 is 23.2 Å². The fourth-order valence-corrected chi connectivity index (χ4v) is 3.94. The number of rotatable bonds is 8. The highest BCUT2D eigenvalue weighted by Crippen LogP contribution is 2.26. The van der Waals surface area contributed by atoms with Gasteiger partial charge in [-0.3, -0.25) is 4.79 Å². The molecule has 2 aromatic heterocycles. The smallest absolute Gasteiger partial charge is 0.294 e. The number of hydrogen-bond acceptors (Lipinski definition) is 9. The minimum absolute atomic E-state index is 0.00232. The van der Waals surface area contributed by atoms with Crippen LogP contribution in [0.4, 0.5) is 5.82 Å². The van der Waals surface area contributed by atoms with Crippen molar-refractivity contribution >= 4 is 41.1 Å². The number of carbonyl (C=O) groups excluding carboxylic acids is 1. The van der Waals surface area contributed by atoms with Crippen molar-refractivity contribution in [3.05, 3.63) is 99.7 Å². The Balaban J connectivity index is 1.31. The summed E-state index contributed by atoms with van der Waals surface area (Å²) in [4.78, 5) is 13.0. The predicted octanol–water partition coefficient (Wildman–Crippen LogP) is 4.55. The van der Waals surface area contributed by atoms with Crippen molar-refractivity contribution in [2.45, 2.75) is 6.61 Å². The highest BCUT2D eigenvalue weighted by Gasteiger charge is 2.25. The van der Waals surface area contributed by atoms with Gasteiger partial charge in [-0.05, 0) is 40.1 Å². The highest BCUT2D eigenvalue weighted by atomic mass is 35.5. The van der Waals surface area contributed by atoms with Gasteiger partial charge in [0.2, 0.25) is 11.6 Å². The van der Waals surface area contributed by atoms with Crippen molar-refractivity contribution in [2.75, 3.05) is 5.73 Å². The summed E-state index contributed by atoms with van der Waals surface area (Å²) in [7, 11) is 0. The summed E-state index contributed by atoms with van der Waals surface area (Å²) in [5.74, 6) is 0.110. The summed E-state index contributed by atoms with van der Waals surface area (Å²) in [5, 5.41) is 20.5. The largest absolute Gasteiger partial charge is 0.489 e. The first kappa shape index (κ1) is 24.9. The number of halogens is 2. The van der Waals surface area contributed by atoms with Crippen molar-refractivity contribution in [1.29, 1.82) is 0 Å². The Bertz CT molecular complexity index is 1620. The molecule has 11 nitrogen and oxygen atoms in total. The average Bonchev–Trinajstić information content (AvgIpc) is 3.55. The second kappa shape index (κ2) is 11.1. The lowest BCUT2D eigenvalue weighted by Crippen LogP contribution is -2.19. The first-order valence-electron chi connectivity index (χ1n) is 11.1. The van der Waals surface area contributed by atoms with Crippen LogP contribution < -0.4 is 15.9 Å². The van der Waals surface area contributed by atoms with Crippen LogP contribution in [0.1, 0.15) is 21.6 Å². The molecule has 0 atom stereocenters. The molecular formula is C25H18Cl2N8O3. The Morgan fingerprint density at radius 3 is 2.68 bits per heavy atom. The van der Waals surface area contributed by atoms with E-state index in [1.807, 2.05) is 24.3 Å². The summed E-state index contributed by atoms with van der Waals surface area (Å²) in [6.45, 7) is 0.261. The van der Waals surface area contributed by atoms with E-state index in [9.17, 15) is 4.79 Å². The number of hydrogen-bond donors (Lipinski definition) is 2. The van der Waals surface area contributed by atoms with Gasteiger partial charge in [0, 0.05) is 21.2 Å². The molecule has 190 valence electrons. The minimum Gasteiger partial charge on any atom is -0.489 e. The van der Waals surface area contributed by atoms with Gasteiger partial charge in [0.25, 0.3) is 5.91 Å². The van der Waals surface area contributed by atoms with Crippen LogP contribution in [-0.2, 0) is 6.61 Å². The Hall–Kier alpha value is -4.74. The van der Waals surface area contributed by atoms with Crippen molar-refractivity contribution < 1.29 is 14.2 Å². The van der Waals surface area contributed by atoms with E-state index in [1.165, 1.54) is 10.9 Å². The SMILES string of the molecule is Nc1nonc1-n1nnc(C(=O)N/N=C\c2cccc(OCc3ccc(Cl)cc3Cl)c2)c1-c1ccccc1. The molecule has 0 radical (unpaired) electrons. The molecule has 5 aromatic rings. The lowest BCUT2D eigenvalue weighted by atomic mass is 10.1. The molecule has 3 aromatic carbocycles. The fraction of sp³-hybridized carbons (Fsp3) is 0.0400. The molecule has 5 rings (SSSR count). The number of nitrogens with zero attached hydrogens (tertiary/aromatic N) is 6. The number of nitrogens with one attached hydrogen (secondary N) is 1. The molecule has 2 heterocycles. The topological polar surface area (TPSA) is 146 Å². The van der Waals surface area contributed by atoms with Crippen LogP contribution in [-0.4, -0.2) is 37.4 Å². The maximum Gasteiger partial charge on any atom is 0.294 e. The van der Waals surface area contributed by atoms with Crippen LogP contribution in [0.3, 0.4) is 0 Å². The first-order chi connectivity index (χ1) is 18.5. The van der Waals surface area contributed by atoms with Gasteiger partial charge in [-0.15, -0.1) is 5.10 Å². The predicted molar refractivity (Wildman–Crippen MR) is 141 cm³/mol. The van der Waals surface area contributed by atoms with Crippen LogP contribution in [0.2, 0.25) is 10.0 Å². The Kier molecular flexibility index (Phi) is 7.29. The van der Waals surface area contributed by atoms with Gasteiger partial charge in [-0.25, -0.2) is 10.1 Å². The lowest BCUT2D eigenvalue weighted by molar-refractivity contribution is 0.0950. The van der Waals surface area contributed by atoms with Gasteiger partial charge in [0.05, 0.1) is 6.21 Å². The highest BCUT2D eigenvalue weighted by molar-refractivity contribution is 6.35. The summed E-state index contributed by atoms with van der Waals surface area (Å²) in [6, 6.07) is 21.4. The number of benzene rings is 3. The van der Waals surface area contributed by atoms with E-state index in [4.69, 9.17) is 33.7 Å². The number of hydrazone groups is 1. The molecule has 0 aliphatic heterocycles. The first-order valence-corrected chi connectivity index (χ1v) is 11.8. The van der Waals surface area contributed by atoms with Gasteiger partial charge in [0.1, 0.15) is 18.1 Å². The third-order valence-electron chi connectivity index (χ3n) is 5.28. The maximum absolute atomic E-state index is 13.0. The van der Waals surface area contributed by atoms with Crippen LogP contribution in [0, 0.1) is 0 Å². The van der Waals surface area contributed by atoms with E-state index in [-0.39, 0.29) is 23.9 Å². The molecule has 0 spiro atoms. The van der Waals surface area contributed by atoms with E-state index >= 15 is 0 Å². The molecule has 13 heteroatoms. The van der Waals surface area contributed by atoms with Crippen molar-refractivity contribution in [3.63, 3.8) is 0 Å². The minimum atomic E-state index is -0.592. The lowest BCUT2D eigenvalue weighted by Gasteiger charge is -2.08. The van der Waals surface area contributed by atoms with E-state index in [2.05, 4.69) is 35.8 Å². The number of aromatic nitrogens is 5. The standard InChI is InChI=1S/C25H18Cl2N8O3/c26-18-10-9-17(20(27)12-18)14-37-19-8-4-5-15(11-19)13-29-31-25(36)21-22(16-6-2-1-3-7-16)35(34-30-21)24-23(28)32-38-33-24/h1-13H,14H2,(H2,28,32)(H,31,36)/b29-13-. The number of nitrogens with two attached hydrogens (primary N) is 1. The molecule has 0 aliphatic rings. The molecule has 0 bridgehead atoms. The Morgan fingerprint density at radius 1 is 1.08 bits per heavy atom. The summed E-state index contributed by atoms with van der Waals surface area (Å²) < 4.78 is 11.8. The molecule has 0 aliphatic carbocycles. The molecule has 0 saturated heterocycles. The Morgan fingerprint density at radius 2 is 1.92 bits per heavy atom. The summed E-state index contributed by atoms with van der Waals surface area (Å²) >= 11 is 12.2. The third kappa shape index (κ3) is 5.48. The van der Waals surface area contributed by atoms with Crippen molar-refractivity contribution in [1.82, 2.24) is 30.7 Å². The van der Waals surface area contributed by atoms with Crippen molar-refractivity contribution in [2.24, 2.45) is 5.10 Å². The monoisotopic (exact) mass is 548 g/mol. The molecule has 0 saturated carbocycles. The molecule has 0 unspecified atom stereocenters. The van der Waals surface area contributed by atoms with E-state index < -0.39 is 5.91 Å². The van der Waals surface area contributed by atoms with Crippen LogP contribution in [0.15, 0.2) is 82.5 Å². The van der Waals surface area contributed by atoms with Gasteiger partial charge < -0.3 is 10.5 Å². The second-order valence-electron chi connectivity index (χ2n) is 7.83. The number of ether oxygens (including phenoxy) is 1. The van der Waals surface area contributed by atoms with E-state index in [1.54, 1.807) is 48.5 Å². The molecule has 0 fully saturated rings. The quantitative estimate of drug-likeness (QED) is 0.212. The Labute approximate surface area is 225 Å². The second-order valence-corrected chi connectivity index (χ2v) is 8.68. The zero-order valence-electron chi connectivity index (χ0n) is 19.5. The summed E-state index contributed by atoms with van der Waals surface area (Å²) in [5.41, 5.74) is 10.8. The fourth-order valence-electron chi connectivity index (χ4n) is 3.48. The average molecular weight is 549 g/mol. The zero-order chi connectivity index (χ0) is 26.5. The van der Waals surface area contributed by atoms with Crippen LogP contribution in [0.25, 0.3) is 17.1 Å².